The second kappa shape index (κ2) is 7.45. The number of carbonyl (C=O) groups is 1. The standard InChI is InChI=1S/C20H25F2NO3/c1-2-14-3-5-15(6-4-14)20(25,16-8-11-23-12-9-16)18(24)26-17-7-10-19(21,22)13-17/h2-6,16-17,23,25H,1,7-13H2. The minimum atomic E-state index is -2.80. The Morgan fingerprint density at radius 3 is 2.46 bits per heavy atom. The molecule has 1 aromatic carbocycles. The predicted octanol–water partition coefficient (Wildman–Crippen LogP) is 3.25. The molecular formula is C20H25F2NO3. The van der Waals surface area contributed by atoms with Crippen LogP contribution in [0.1, 0.15) is 43.2 Å². The molecule has 2 fully saturated rings. The van der Waals surface area contributed by atoms with Crippen molar-refractivity contribution in [3.8, 4) is 0 Å². The Balaban J connectivity index is 1.86. The van der Waals surface area contributed by atoms with Crippen molar-refractivity contribution in [3.63, 3.8) is 0 Å². The van der Waals surface area contributed by atoms with Crippen molar-refractivity contribution in [2.24, 2.45) is 5.92 Å². The van der Waals surface area contributed by atoms with E-state index in [1.807, 2.05) is 0 Å². The number of ether oxygens (including phenoxy) is 1. The molecule has 1 heterocycles. The molecule has 26 heavy (non-hydrogen) atoms. The molecule has 0 radical (unpaired) electrons. The van der Waals surface area contributed by atoms with Crippen LogP contribution < -0.4 is 5.32 Å². The van der Waals surface area contributed by atoms with Gasteiger partial charge in [-0.3, -0.25) is 0 Å². The van der Waals surface area contributed by atoms with Crippen LogP contribution in [0.15, 0.2) is 30.8 Å². The van der Waals surface area contributed by atoms with Crippen LogP contribution in [0.25, 0.3) is 6.08 Å². The highest BCUT2D eigenvalue weighted by molar-refractivity contribution is 5.82. The van der Waals surface area contributed by atoms with Crippen LogP contribution in [0.4, 0.5) is 8.78 Å². The summed E-state index contributed by atoms with van der Waals surface area (Å²) in [6, 6.07) is 6.91. The molecule has 1 aliphatic heterocycles. The first-order valence-electron chi connectivity index (χ1n) is 9.10. The summed E-state index contributed by atoms with van der Waals surface area (Å²) in [6.45, 7) is 5.07. The monoisotopic (exact) mass is 365 g/mol. The number of aliphatic hydroxyl groups is 1. The normalized spacial score (nSPS) is 25.4. The van der Waals surface area contributed by atoms with Crippen LogP contribution >= 0.6 is 0 Å². The van der Waals surface area contributed by atoms with E-state index in [-0.39, 0.29) is 18.8 Å². The van der Waals surface area contributed by atoms with E-state index in [1.54, 1.807) is 30.3 Å². The lowest BCUT2D eigenvalue weighted by atomic mass is 9.76. The summed E-state index contributed by atoms with van der Waals surface area (Å²) in [7, 11) is 0. The molecule has 1 aliphatic carbocycles. The summed E-state index contributed by atoms with van der Waals surface area (Å²) in [5, 5.41) is 14.6. The van der Waals surface area contributed by atoms with Gasteiger partial charge in [0.15, 0.2) is 5.60 Å². The van der Waals surface area contributed by atoms with Crippen molar-refractivity contribution in [2.75, 3.05) is 13.1 Å². The first-order valence-corrected chi connectivity index (χ1v) is 9.10. The lowest BCUT2D eigenvalue weighted by Crippen LogP contribution is -2.49. The predicted molar refractivity (Wildman–Crippen MR) is 94.7 cm³/mol. The molecule has 0 aromatic heterocycles. The molecule has 1 saturated heterocycles. The molecule has 1 saturated carbocycles. The number of halogens is 2. The first-order chi connectivity index (χ1) is 12.3. The van der Waals surface area contributed by atoms with Crippen molar-refractivity contribution >= 4 is 12.0 Å². The maximum atomic E-state index is 13.4. The van der Waals surface area contributed by atoms with Crippen LogP contribution in [0.2, 0.25) is 0 Å². The van der Waals surface area contributed by atoms with E-state index in [2.05, 4.69) is 11.9 Å². The zero-order valence-electron chi connectivity index (χ0n) is 14.7. The average Bonchev–Trinajstić information content (AvgIpc) is 3.00. The van der Waals surface area contributed by atoms with Gasteiger partial charge in [0, 0.05) is 18.8 Å². The van der Waals surface area contributed by atoms with E-state index in [9.17, 15) is 18.7 Å². The molecule has 142 valence electrons. The third-order valence-corrected chi connectivity index (χ3v) is 5.46. The van der Waals surface area contributed by atoms with Gasteiger partial charge in [0.1, 0.15) is 6.10 Å². The van der Waals surface area contributed by atoms with E-state index in [0.29, 0.717) is 31.5 Å². The van der Waals surface area contributed by atoms with Crippen LogP contribution in [0.3, 0.4) is 0 Å². The maximum Gasteiger partial charge on any atom is 0.343 e. The van der Waals surface area contributed by atoms with Gasteiger partial charge in [-0.2, -0.15) is 0 Å². The molecule has 4 nitrogen and oxygen atoms in total. The van der Waals surface area contributed by atoms with Crippen LogP contribution in [-0.2, 0) is 15.1 Å². The van der Waals surface area contributed by atoms with Crippen LogP contribution in [0.5, 0.6) is 0 Å². The lowest BCUT2D eigenvalue weighted by molar-refractivity contribution is -0.181. The number of nitrogens with one attached hydrogen (secondary N) is 1. The van der Waals surface area contributed by atoms with E-state index < -0.39 is 30.0 Å². The van der Waals surface area contributed by atoms with E-state index >= 15 is 0 Å². The molecule has 3 rings (SSSR count). The van der Waals surface area contributed by atoms with Gasteiger partial charge in [-0.1, -0.05) is 36.9 Å². The molecular weight excluding hydrogens is 340 g/mol. The zero-order chi connectivity index (χ0) is 18.8. The molecule has 0 spiro atoms. The molecule has 6 heteroatoms. The number of esters is 1. The van der Waals surface area contributed by atoms with Crippen molar-refractivity contribution < 1.29 is 23.4 Å². The number of hydrogen-bond acceptors (Lipinski definition) is 4. The van der Waals surface area contributed by atoms with Crippen LogP contribution in [0, 0.1) is 5.92 Å². The van der Waals surface area contributed by atoms with E-state index in [4.69, 9.17) is 4.74 Å². The third-order valence-electron chi connectivity index (χ3n) is 5.46. The topological polar surface area (TPSA) is 58.6 Å². The minimum Gasteiger partial charge on any atom is -0.460 e. The smallest absolute Gasteiger partial charge is 0.343 e. The fourth-order valence-corrected chi connectivity index (χ4v) is 3.88. The molecule has 0 amide bonds. The second-order valence-electron chi connectivity index (χ2n) is 7.24. The van der Waals surface area contributed by atoms with Gasteiger partial charge in [-0.25, -0.2) is 13.6 Å². The number of piperidine rings is 1. The summed E-state index contributed by atoms with van der Waals surface area (Å²) in [6.07, 6.45) is 1.40. The van der Waals surface area contributed by atoms with Crippen molar-refractivity contribution in [1.29, 1.82) is 0 Å². The third kappa shape index (κ3) is 3.81. The molecule has 2 aliphatic rings. The highest BCUT2D eigenvalue weighted by atomic mass is 19.3. The Morgan fingerprint density at radius 1 is 1.27 bits per heavy atom. The van der Waals surface area contributed by atoms with Crippen molar-refractivity contribution in [2.45, 2.75) is 49.7 Å². The Labute approximate surface area is 152 Å². The highest BCUT2D eigenvalue weighted by Crippen LogP contribution is 2.40. The van der Waals surface area contributed by atoms with Gasteiger partial charge < -0.3 is 15.2 Å². The number of rotatable bonds is 5. The Kier molecular flexibility index (Phi) is 5.44. The average molecular weight is 365 g/mol. The summed E-state index contributed by atoms with van der Waals surface area (Å²) >= 11 is 0. The minimum absolute atomic E-state index is 0.121. The lowest BCUT2D eigenvalue weighted by Gasteiger charge is -2.37. The van der Waals surface area contributed by atoms with Gasteiger partial charge in [0.2, 0.25) is 0 Å². The SMILES string of the molecule is C=Cc1ccc(C(O)(C(=O)OC2CCC(F)(F)C2)C2CCNCC2)cc1. The number of hydrogen-bond donors (Lipinski definition) is 2. The van der Waals surface area contributed by atoms with Gasteiger partial charge in [0.25, 0.3) is 5.92 Å². The number of benzene rings is 1. The van der Waals surface area contributed by atoms with Crippen LogP contribution in [-0.4, -0.2) is 36.2 Å². The van der Waals surface area contributed by atoms with E-state index in [0.717, 1.165) is 5.56 Å². The molecule has 2 atom stereocenters. The Morgan fingerprint density at radius 2 is 1.92 bits per heavy atom. The summed E-state index contributed by atoms with van der Waals surface area (Å²) < 4.78 is 32.2. The van der Waals surface area contributed by atoms with Crippen molar-refractivity contribution in [1.82, 2.24) is 5.32 Å². The quantitative estimate of drug-likeness (QED) is 0.787. The highest BCUT2D eigenvalue weighted by Gasteiger charge is 2.49. The molecule has 0 bridgehead atoms. The summed E-state index contributed by atoms with van der Waals surface area (Å²) in [4.78, 5) is 12.9. The summed E-state index contributed by atoms with van der Waals surface area (Å²) in [5.41, 5.74) is -0.533. The summed E-state index contributed by atoms with van der Waals surface area (Å²) in [5.74, 6) is -3.95. The molecule has 2 unspecified atom stereocenters. The van der Waals surface area contributed by atoms with Gasteiger partial charge in [-0.05, 0) is 43.5 Å². The maximum absolute atomic E-state index is 13.4. The molecule has 1 aromatic rings. The molecule has 2 N–H and O–H groups in total. The van der Waals surface area contributed by atoms with Gasteiger partial charge >= 0.3 is 5.97 Å². The van der Waals surface area contributed by atoms with E-state index in [1.165, 1.54) is 0 Å². The van der Waals surface area contributed by atoms with Gasteiger partial charge in [0.05, 0.1) is 0 Å². The fraction of sp³-hybridized carbons (Fsp3) is 0.550. The largest absolute Gasteiger partial charge is 0.460 e. The first kappa shape index (κ1) is 19.0. The Hall–Kier alpha value is -1.79. The fourth-order valence-electron chi connectivity index (χ4n) is 3.88. The Bertz CT molecular complexity index is 656. The zero-order valence-corrected chi connectivity index (χ0v) is 14.7. The number of carbonyl (C=O) groups excluding carboxylic acids is 1. The van der Waals surface area contributed by atoms with Crippen molar-refractivity contribution in [3.05, 3.63) is 42.0 Å². The van der Waals surface area contributed by atoms with Gasteiger partial charge in [-0.15, -0.1) is 0 Å². The number of alkyl halides is 2. The second-order valence-corrected chi connectivity index (χ2v) is 7.24.